The molecule has 1 amide bonds. The van der Waals surface area contributed by atoms with Crippen molar-refractivity contribution in [1.82, 2.24) is 5.32 Å². The molecule has 0 radical (unpaired) electrons. The molecule has 0 unspecified atom stereocenters. The van der Waals surface area contributed by atoms with Crippen molar-refractivity contribution in [3.05, 3.63) is 59.4 Å². The first-order valence-corrected chi connectivity index (χ1v) is 7.84. The largest absolute Gasteiger partial charge is 0.493 e. The SMILES string of the molecule is COc1ccc(CCCNC(=O)Cc2ccc(F)cc2)cc1OC. The summed E-state index contributed by atoms with van der Waals surface area (Å²) in [5, 5.41) is 2.88. The van der Waals surface area contributed by atoms with Gasteiger partial charge in [-0.25, -0.2) is 4.39 Å². The number of aryl methyl sites for hydroxylation is 1. The molecule has 5 heteroatoms. The summed E-state index contributed by atoms with van der Waals surface area (Å²) in [5.74, 6) is 1.05. The van der Waals surface area contributed by atoms with Crippen LogP contribution < -0.4 is 14.8 Å². The molecular weight excluding hydrogens is 309 g/mol. The number of halogens is 1. The number of ether oxygens (including phenoxy) is 2. The van der Waals surface area contributed by atoms with Crippen molar-refractivity contribution >= 4 is 5.91 Å². The fourth-order valence-corrected chi connectivity index (χ4v) is 2.41. The number of methoxy groups -OCH3 is 2. The zero-order valence-electron chi connectivity index (χ0n) is 14.0. The van der Waals surface area contributed by atoms with Crippen molar-refractivity contribution in [3.63, 3.8) is 0 Å². The van der Waals surface area contributed by atoms with Crippen LogP contribution in [-0.2, 0) is 17.6 Å². The number of amides is 1. The van der Waals surface area contributed by atoms with E-state index in [9.17, 15) is 9.18 Å². The number of rotatable bonds is 8. The van der Waals surface area contributed by atoms with Crippen LogP contribution in [0.3, 0.4) is 0 Å². The van der Waals surface area contributed by atoms with Gasteiger partial charge in [-0.2, -0.15) is 0 Å². The van der Waals surface area contributed by atoms with E-state index in [4.69, 9.17) is 9.47 Å². The molecular formula is C19H22FNO3. The molecule has 0 saturated heterocycles. The third-order valence-electron chi connectivity index (χ3n) is 3.69. The quantitative estimate of drug-likeness (QED) is 0.756. The molecule has 0 spiro atoms. The normalized spacial score (nSPS) is 10.3. The fourth-order valence-electron chi connectivity index (χ4n) is 2.41. The van der Waals surface area contributed by atoms with E-state index in [1.807, 2.05) is 18.2 Å². The smallest absolute Gasteiger partial charge is 0.224 e. The van der Waals surface area contributed by atoms with Gasteiger partial charge in [-0.15, -0.1) is 0 Å². The predicted octanol–water partition coefficient (Wildman–Crippen LogP) is 3.13. The van der Waals surface area contributed by atoms with Crippen LogP contribution >= 0.6 is 0 Å². The lowest BCUT2D eigenvalue weighted by Gasteiger charge is -2.10. The van der Waals surface area contributed by atoms with Crippen LogP contribution in [0.4, 0.5) is 4.39 Å². The summed E-state index contributed by atoms with van der Waals surface area (Å²) < 4.78 is 23.3. The van der Waals surface area contributed by atoms with Crippen LogP contribution in [-0.4, -0.2) is 26.7 Å². The van der Waals surface area contributed by atoms with Crippen LogP contribution in [0, 0.1) is 5.82 Å². The Labute approximate surface area is 141 Å². The minimum atomic E-state index is -0.297. The first-order valence-electron chi connectivity index (χ1n) is 7.84. The second-order valence-electron chi connectivity index (χ2n) is 5.45. The third-order valence-corrected chi connectivity index (χ3v) is 3.69. The summed E-state index contributed by atoms with van der Waals surface area (Å²) in [5.41, 5.74) is 1.93. The van der Waals surface area contributed by atoms with E-state index < -0.39 is 0 Å². The van der Waals surface area contributed by atoms with E-state index in [-0.39, 0.29) is 18.1 Å². The Bertz CT molecular complexity index is 671. The molecule has 1 N–H and O–H groups in total. The summed E-state index contributed by atoms with van der Waals surface area (Å²) in [4.78, 5) is 11.9. The first-order chi connectivity index (χ1) is 11.6. The second kappa shape index (κ2) is 8.91. The Morgan fingerprint density at radius 2 is 1.67 bits per heavy atom. The highest BCUT2D eigenvalue weighted by molar-refractivity contribution is 5.78. The highest BCUT2D eigenvalue weighted by Gasteiger charge is 2.06. The monoisotopic (exact) mass is 331 g/mol. The molecule has 0 saturated carbocycles. The van der Waals surface area contributed by atoms with Gasteiger partial charge in [0.1, 0.15) is 5.82 Å². The number of hydrogen-bond donors (Lipinski definition) is 1. The van der Waals surface area contributed by atoms with Gasteiger partial charge in [-0.1, -0.05) is 18.2 Å². The lowest BCUT2D eigenvalue weighted by atomic mass is 10.1. The molecule has 24 heavy (non-hydrogen) atoms. The highest BCUT2D eigenvalue weighted by atomic mass is 19.1. The van der Waals surface area contributed by atoms with Crippen LogP contribution in [0.2, 0.25) is 0 Å². The van der Waals surface area contributed by atoms with Gasteiger partial charge < -0.3 is 14.8 Å². The standard InChI is InChI=1S/C19H22FNO3/c1-23-17-10-7-14(12-18(17)24-2)4-3-11-21-19(22)13-15-5-8-16(20)9-6-15/h5-10,12H,3-4,11,13H2,1-2H3,(H,21,22). The number of nitrogens with one attached hydrogen (secondary N) is 1. The van der Waals surface area contributed by atoms with Crippen molar-refractivity contribution in [2.24, 2.45) is 0 Å². The van der Waals surface area contributed by atoms with E-state index in [0.29, 0.717) is 18.0 Å². The summed E-state index contributed by atoms with van der Waals surface area (Å²) >= 11 is 0. The number of carbonyl (C=O) groups excluding carboxylic acids is 1. The minimum Gasteiger partial charge on any atom is -0.493 e. The molecule has 0 aliphatic rings. The zero-order chi connectivity index (χ0) is 17.4. The maximum absolute atomic E-state index is 12.8. The number of hydrogen-bond acceptors (Lipinski definition) is 3. The van der Waals surface area contributed by atoms with Crippen LogP contribution in [0.25, 0.3) is 0 Å². The zero-order valence-corrected chi connectivity index (χ0v) is 14.0. The molecule has 0 aliphatic carbocycles. The predicted molar refractivity (Wildman–Crippen MR) is 91.0 cm³/mol. The van der Waals surface area contributed by atoms with E-state index >= 15 is 0 Å². The second-order valence-corrected chi connectivity index (χ2v) is 5.45. The van der Waals surface area contributed by atoms with Crippen LogP contribution in [0.15, 0.2) is 42.5 Å². The Morgan fingerprint density at radius 3 is 2.33 bits per heavy atom. The molecule has 2 rings (SSSR count). The molecule has 0 bridgehead atoms. The average molecular weight is 331 g/mol. The summed E-state index contributed by atoms with van der Waals surface area (Å²) in [6.07, 6.45) is 1.92. The molecule has 0 aromatic heterocycles. The van der Waals surface area contributed by atoms with E-state index in [0.717, 1.165) is 24.0 Å². The van der Waals surface area contributed by atoms with Gasteiger partial charge in [-0.3, -0.25) is 4.79 Å². The first kappa shape index (κ1) is 17.8. The molecule has 2 aromatic rings. The molecule has 2 aromatic carbocycles. The number of carbonyl (C=O) groups is 1. The Morgan fingerprint density at radius 1 is 1.00 bits per heavy atom. The maximum Gasteiger partial charge on any atom is 0.224 e. The summed E-state index contributed by atoms with van der Waals surface area (Å²) in [6.45, 7) is 0.592. The van der Waals surface area contributed by atoms with Crippen molar-refractivity contribution in [2.45, 2.75) is 19.3 Å². The van der Waals surface area contributed by atoms with Crippen LogP contribution in [0.1, 0.15) is 17.5 Å². The molecule has 0 heterocycles. The molecule has 4 nitrogen and oxygen atoms in total. The molecule has 0 fully saturated rings. The van der Waals surface area contributed by atoms with Gasteiger partial charge in [0.25, 0.3) is 0 Å². The Balaban J connectivity index is 1.74. The lowest BCUT2D eigenvalue weighted by Crippen LogP contribution is -2.26. The van der Waals surface area contributed by atoms with Crippen molar-refractivity contribution in [3.8, 4) is 11.5 Å². The van der Waals surface area contributed by atoms with E-state index in [1.54, 1.807) is 26.4 Å². The van der Waals surface area contributed by atoms with Crippen molar-refractivity contribution < 1.29 is 18.7 Å². The lowest BCUT2D eigenvalue weighted by molar-refractivity contribution is -0.120. The van der Waals surface area contributed by atoms with Gasteiger partial charge in [0.2, 0.25) is 5.91 Å². The summed E-state index contributed by atoms with van der Waals surface area (Å²) in [6, 6.07) is 11.8. The van der Waals surface area contributed by atoms with Gasteiger partial charge >= 0.3 is 0 Å². The molecule has 0 aliphatic heterocycles. The van der Waals surface area contributed by atoms with Crippen molar-refractivity contribution in [1.29, 1.82) is 0 Å². The summed E-state index contributed by atoms with van der Waals surface area (Å²) in [7, 11) is 3.21. The molecule has 0 atom stereocenters. The third kappa shape index (κ3) is 5.26. The maximum atomic E-state index is 12.8. The highest BCUT2D eigenvalue weighted by Crippen LogP contribution is 2.27. The van der Waals surface area contributed by atoms with Gasteiger partial charge in [0.15, 0.2) is 11.5 Å². The molecule has 128 valence electrons. The Hall–Kier alpha value is -2.56. The van der Waals surface area contributed by atoms with Gasteiger partial charge in [0.05, 0.1) is 20.6 Å². The topological polar surface area (TPSA) is 47.6 Å². The number of benzene rings is 2. The van der Waals surface area contributed by atoms with Gasteiger partial charge in [-0.05, 0) is 48.2 Å². The Kier molecular flexibility index (Phi) is 6.61. The van der Waals surface area contributed by atoms with Crippen LogP contribution in [0.5, 0.6) is 11.5 Å². The van der Waals surface area contributed by atoms with Gasteiger partial charge in [0, 0.05) is 6.54 Å². The average Bonchev–Trinajstić information content (AvgIpc) is 2.60. The van der Waals surface area contributed by atoms with E-state index in [2.05, 4.69) is 5.32 Å². The fraction of sp³-hybridized carbons (Fsp3) is 0.316. The minimum absolute atomic E-state index is 0.0612. The van der Waals surface area contributed by atoms with Crippen molar-refractivity contribution in [2.75, 3.05) is 20.8 Å². The van der Waals surface area contributed by atoms with E-state index in [1.165, 1.54) is 12.1 Å².